The number of carboxylic acid groups (broad SMARTS) is 1. The number of carbonyl (C=O) groups is 2. The fraction of sp³-hybridized carbons (Fsp3) is 0.467. The lowest BCUT2D eigenvalue weighted by molar-refractivity contribution is -0.150. The van der Waals surface area contributed by atoms with Crippen molar-refractivity contribution in [1.29, 1.82) is 0 Å². The minimum atomic E-state index is -1.00. The zero-order valence-electron chi connectivity index (χ0n) is 12.1. The van der Waals surface area contributed by atoms with E-state index in [1.165, 1.54) is 11.8 Å². The van der Waals surface area contributed by atoms with Gasteiger partial charge in [0.15, 0.2) is 6.61 Å². The smallest absolute Gasteiger partial charge is 0.326 e. The first kappa shape index (κ1) is 15.2. The van der Waals surface area contributed by atoms with Crippen molar-refractivity contribution in [3.05, 3.63) is 24.3 Å². The van der Waals surface area contributed by atoms with Gasteiger partial charge in [-0.1, -0.05) is 0 Å². The Morgan fingerprint density at radius 1 is 1.29 bits per heavy atom. The van der Waals surface area contributed by atoms with Crippen LogP contribution in [0.2, 0.25) is 0 Å². The maximum Gasteiger partial charge on any atom is 0.326 e. The second-order valence-electron chi connectivity index (χ2n) is 5.01. The van der Waals surface area contributed by atoms with E-state index in [-0.39, 0.29) is 18.6 Å². The van der Waals surface area contributed by atoms with Crippen molar-refractivity contribution in [1.82, 2.24) is 4.90 Å². The zero-order valence-corrected chi connectivity index (χ0v) is 12.1. The van der Waals surface area contributed by atoms with Crippen molar-refractivity contribution in [2.24, 2.45) is 0 Å². The van der Waals surface area contributed by atoms with Crippen LogP contribution in [0.5, 0.6) is 11.5 Å². The van der Waals surface area contributed by atoms with Gasteiger partial charge in [-0.15, -0.1) is 0 Å². The third-order valence-corrected chi connectivity index (χ3v) is 3.42. The van der Waals surface area contributed by atoms with Crippen LogP contribution in [0.4, 0.5) is 0 Å². The number of aliphatic carboxylic acids is 1. The number of amides is 1. The number of methoxy groups -OCH3 is 1. The molecule has 6 heteroatoms. The molecule has 1 aliphatic rings. The Hall–Kier alpha value is -2.24. The van der Waals surface area contributed by atoms with Crippen LogP contribution in [-0.2, 0) is 9.59 Å². The fourth-order valence-corrected chi connectivity index (χ4v) is 2.10. The van der Waals surface area contributed by atoms with Gasteiger partial charge in [0, 0.05) is 6.04 Å². The molecule has 1 fully saturated rings. The maximum absolute atomic E-state index is 12.2. The predicted molar refractivity (Wildman–Crippen MR) is 75.5 cm³/mol. The van der Waals surface area contributed by atoms with E-state index in [1.807, 2.05) is 0 Å². The Bertz CT molecular complexity index is 509. The second kappa shape index (κ2) is 6.47. The molecule has 1 N–H and O–H groups in total. The minimum absolute atomic E-state index is 0.0306. The number of ether oxygens (including phenoxy) is 2. The molecule has 1 saturated carbocycles. The molecule has 1 aliphatic carbocycles. The van der Waals surface area contributed by atoms with Crippen LogP contribution >= 0.6 is 0 Å². The molecule has 1 aromatic carbocycles. The molecule has 1 atom stereocenters. The Morgan fingerprint density at radius 3 is 2.33 bits per heavy atom. The lowest BCUT2D eigenvalue weighted by atomic mass is 10.2. The Kier molecular flexibility index (Phi) is 4.67. The van der Waals surface area contributed by atoms with E-state index in [9.17, 15) is 9.59 Å². The molecule has 21 heavy (non-hydrogen) atoms. The molecular weight excluding hydrogens is 274 g/mol. The first-order chi connectivity index (χ1) is 10.0. The van der Waals surface area contributed by atoms with Gasteiger partial charge in [-0.25, -0.2) is 4.79 Å². The maximum atomic E-state index is 12.2. The summed E-state index contributed by atoms with van der Waals surface area (Å²) in [5, 5.41) is 9.07. The summed E-state index contributed by atoms with van der Waals surface area (Å²) in [6.45, 7) is 1.35. The molecule has 0 saturated heterocycles. The molecule has 0 radical (unpaired) electrons. The molecule has 2 rings (SSSR count). The van der Waals surface area contributed by atoms with Crippen molar-refractivity contribution in [2.75, 3.05) is 13.7 Å². The first-order valence-electron chi connectivity index (χ1n) is 6.83. The Balaban J connectivity index is 1.93. The van der Waals surface area contributed by atoms with Gasteiger partial charge in [0.1, 0.15) is 17.5 Å². The molecule has 1 unspecified atom stereocenters. The molecule has 0 aliphatic heterocycles. The second-order valence-corrected chi connectivity index (χ2v) is 5.01. The van der Waals surface area contributed by atoms with Gasteiger partial charge in [-0.05, 0) is 44.0 Å². The number of nitrogens with zero attached hydrogens (tertiary/aromatic N) is 1. The highest BCUT2D eigenvalue weighted by molar-refractivity contribution is 5.84. The SMILES string of the molecule is COc1ccc(OCC(=O)N(C2CC2)C(C)C(=O)O)cc1. The van der Waals surface area contributed by atoms with Crippen molar-refractivity contribution in [2.45, 2.75) is 31.8 Å². The third-order valence-electron chi connectivity index (χ3n) is 3.42. The largest absolute Gasteiger partial charge is 0.497 e. The van der Waals surface area contributed by atoms with Gasteiger partial charge < -0.3 is 19.5 Å². The fourth-order valence-electron chi connectivity index (χ4n) is 2.10. The van der Waals surface area contributed by atoms with Gasteiger partial charge in [0.2, 0.25) is 0 Å². The highest BCUT2D eigenvalue weighted by atomic mass is 16.5. The highest BCUT2D eigenvalue weighted by Gasteiger charge is 2.38. The minimum Gasteiger partial charge on any atom is -0.497 e. The first-order valence-corrected chi connectivity index (χ1v) is 6.83. The van der Waals surface area contributed by atoms with E-state index in [2.05, 4.69) is 0 Å². The summed E-state index contributed by atoms with van der Waals surface area (Å²) in [4.78, 5) is 24.7. The van der Waals surface area contributed by atoms with Crippen LogP contribution in [-0.4, -0.2) is 47.7 Å². The van der Waals surface area contributed by atoms with Crippen LogP contribution in [0.15, 0.2) is 24.3 Å². The third kappa shape index (κ3) is 3.87. The van der Waals surface area contributed by atoms with Gasteiger partial charge >= 0.3 is 5.97 Å². The van der Waals surface area contributed by atoms with Crippen LogP contribution in [0.25, 0.3) is 0 Å². The summed E-state index contributed by atoms with van der Waals surface area (Å²) >= 11 is 0. The van der Waals surface area contributed by atoms with Crippen molar-refractivity contribution in [3.8, 4) is 11.5 Å². The summed E-state index contributed by atoms with van der Waals surface area (Å²) in [6.07, 6.45) is 1.71. The van der Waals surface area contributed by atoms with E-state index >= 15 is 0 Å². The van der Waals surface area contributed by atoms with Crippen LogP contribution in [0.3, 0.4) is 0 Å². The van der Waals surface area contributed by atoms with Crippen LogP contribution in [0.1, 0.15) is 19.8 Å². The number of benzene rings is 1. The summed E-state index contributed by atoms with van der Waals surface area (Å²) in [5.74, 6) is -0.0569. The summed E-state index contributed by atoms with van der Waals surface area (Å²) < 4.78 is 10.5. The van der Waals surface area contributed by atoms with Crippen molar-refractivity contribution < 1.29 is 24.2 Å². The number of carbonyl (C=O) groups excluding carboxylic acids is 1. The normalized spacial score (nSPS) is 15.1. The average Bonchev–Trinajstić information content (AvgIpc) is 3.30. The highest BCUT2D eigenvalue weighted by Crippen LogP contribution is 2.29. The molecule has 114 valence electrons. The van der Waals surface area contributed by atoms with Crippen molar-refractivity contribution >= 4 is 11.9 Å². The molecule has 0 spiro atoms. The molecule has 1 aromatic rings. The van der Waals surface area contributed by atoms with Gasteiger partial charge in [-0.3, -0.25) is 4.79 Å². The number of carboxylic acids is 1. The molecular formula is C15H19NO5. The zero-order chi connectivity index (χ0) is 15.4. The Morgan fingerprint density at radius 2 is 1.86 bits per heavy atom. The quantitative estimate of drug-likeness (QED) is 0.825. The summed E-state index contributed by atoms with van der Waals surface area (Å²) in [6, 6.07) is 6.08. The standard InChI is InChI=1S/C15H19NO5/c1-10(15(18)19)16(11-3-4-11)14(17)9-21-13-7-5-12(20-2)6-8-13/h5-8,10-11H,3-4,9H2,1-2H3,(H,18,19). The number of hydrogen-bond donors (Lipinski definition) is 1. The monoisotopic (exact) mass is 293 g/mol. The molecule has 1 amide bonds. The topological polar surface area (TPSA) is 76.1 Å². The van der Waals surface area contributed by atoms with E-state index < -0.39 is 12.0 Å². The van der Waals surface area contributed by atoms with E-state index in [4.69, 9.17) is 14.6 Å². The number of hydrogen-bond acceptors (Lipinski definition) is 4. The molecule has 0 heterocycles. The average molecular weight is 293 g/mol. The lowest BCUT2D eigenvalue weighted by Gasteiger charge is -2.26. The van der Waals surface area contributed by atoms with Gasteiger partial charge in [0.25, 0.3) is 5.91 Å². The summed E-state index contributed by atoms with van der Waals surface area (Å²) in [7, 11) is 1.57. The Labute approximate surface area is 123 Å². The molecule has 0 bridgehead atoms. The van der Waals surface area contributed by atoms with Crippen LogP contribution < -0.4 is 9.47 Å². The number of rotatable bonds is 7. The van der Waals surface area contributed by atoms with Gasteiger partial charge in [-0.2, -0.15) is 0 Å². The summed E-state index contributed by atoms with van der Waals surface area (Å²) in [5.41, 5.74) is 0. The molecule has 0 aromatic heterocycles. The van der Waals surface area contributed by atoms with Crippen LogP contribution in [0, 0.1) is 0 Å². The lowest BCUT2D eigenvalue weighted by Crippen LogP contribution is -2.46. The molecule has 6 nitrogen and oxygen atoms in total. The predicted octanol–water partition coefficient (Wildman–Crippen LogP) is 1.54. The van der Waals surface area contributed by atoms with E-state index in [1.54, 1.807) is 31.4 Å². The van der Waals surface area contributed by atoms with E-state index in [0.29, 0.717) is 11.5 Å². The van der Waals surface area contributed by atoms with Crippen molar-refractivity contribution in [3.63, 3.8) is 0 Å². The van der Waals surface area contributed by atoms with Gasteiger partial charge in [0.05, 0.1) is 7.11 Å². The van der Waals surface area contributed by atoms with E-state index in [0.717, 1.165) is 12.8 Å².